The van der Waals surface area contributed by atoms with Gasteiger partial charge in [-0.3, -0.25) is 0 Å². The van der Waals surface area contributed by atoms with Crippen molar-refractivity contribution in [1.29, 1.82) is 0 Å². The molecule has 0 unspecified atom stereocenters. The maximum Gasteiger partial charge on any atom is 0.343 e. The van der Waals surface area contributed by atoms with Gasteiger partial charge in [0.15, 0.2) is 0 Å². The van der Waals surface area contributed by atoms with Crippen LogP contribution in [0.25, 0.3) is 0 Å². The zero-order chi connectivity index (χ0) is 19.3. The molecule has 0 saturated carbocycles. The van der Waals surface area contributed by atoms with Crippen molar-refractivity contribution >= 4 is 43.8 Å². The highest BCUT2D eigenvalue weighted by Crippen LogP contribution is 2.28. The summed E-state index contributed by atoms with van der Waals surface area (Å²) in [4.78, 5) is 24.3. The van der Waals surface area contributed by atoms with E-state index in [2.05, 4.69) is 45.7 Å². The highest BCUT2D eigenvalue weighted by atomic mass is 79.9. The van der Waals surface area contributed by atoms with E-state index in [0.29, 0.717) is 32.8 Å². The molecule has 0 bridgehead atoms. The number of methoxy groups -OCH3 is 1. The Balaban J connectivity index is 2.20. The van der Waals surface area contributed by atoms with Crippen LogP contribution >= 0.6 is 31.9 Å². The molecule has 0 N–H and O–H groups in total. The molecule has 0 atom stereocenters. The van der Waals surface area contributed by atoms with Gasteiger partial charge in [0.2, 0.25) is 0 Å². The van der Waals surface area contributed by atoms with Crippen LogP contribution in [0.15, 0.2) is 45.3 Å². The molecule has 0 fully saturated rings. The first-order chi connectivity index (χ1) is 12.3. The molecule has 7 heteroatoms. The average Bonchev–Trinajstić information content (AvgIpc) is 2.61. The summed E-state index contributed by atoms with van der Waals surface area (Å²) < 4.78 is 17.1. The lowest BCUT2D eigenvalue weighted by Crippen LogP contribution is -2.12. The third kappa shape index (κ3) is 5.32. The zero-order valence-electron chi connectivity index (χ0n) is 14.5. The fraction of sp³-hybridized carbons (Fsp3) is 0.263. The summed E-state index contributed by atoms with van der Waals surface area (Å²) in [5.41, 5.74) is 0.485. The molecule has 0 spiro atoms. The van der Waals surface area contributed by atoms with Crippen LogP contribution in [0.1, 0.15) is 34.6 Å². The maximum atomic E-state index is 12.4. The van der Waals surface area contributed by atoms with E-state index < -0.39 is 11.9 Å². The van der Waals surface area contributed by atoms with E-state index in [-0.39, 0.29) is 11.3 Å². The molecule has 0 aliphatic carbocycles. The summed E-state index contributed by atoms with van der Waals surface area (Å²) in [5.74, 6) is -0.0163. The molecule has 0 aromatic heterocycles. The third-order valence-corrected chi connectivity index (χ3v) is 4.40. The molecule has 0 heterocycles. The van der Waals surface area contributed by atoms with Crippen LogP contribution < -0.4 is 9.47 Å². The fourth-order valence-electron chi connectivity index (χ4n) is 2.02. The van der Waals surface area contributed by atoms with Crippen molar-refractivity contribution in [3.63, 3.8) is 0 Å². The predicted octanol–water partition coefficient (Wildman–Crippen LogP) is 5.25. The van der Waals surface area contributed by atoms with Crippen LogP contribution in [0.5, 0.6) is 11.5 Å². The number of hydrogen-bond acceptors (Lipinski definition) is 5. The molecule has 0 radical (unpaired) electrons. The Bertz CT molecular complexity index is 818. The first-order valence-corrected chi connectivity index (χ1v) is 9.42. The van der Waals surface area contributed by atoms with Crippen molar-refractivity contribution in [2.45, 2.75) is 13.8 Å². The normalized spacial score (nSPS) is 10.5. The maximum absolute atomic E-state index is 12.4. The predicted molar refractivity (Wildman–Crippen MR) is 105 cm³/mol. The lowest BCUT2D eigenvalue weighted by atomic mass is 10.2. The minimum atomic E-state index is -0.590. The molecule has 0 amide bonds. The Kier molecular flexibility index (Phi) is 7.23. The molecule has 2 rings (SSSR count). The molecule has 2 aromatic rings. The van der Waals surface area contributed by atoms with E-state index in [4.69, 9.17) is 14.2 Å². The first kappa shape index (κ1) is 20.5. The second kappa shape index (κ2) is 9.19. The molecule has 0 aliphatic rings. The summed E-state index contributed by atoms with van der Waals surface area (Å²) in [6.07, 6.45) is 0. The molecule has 0 aliphatic heterocycles. The quantitative estimate of drug-likeness (QED) is 0.413. The second-order valence-corrected chi connectivity index (χ2v) is 7.64. The van der Waals surface area contributed by atoms with Gasteiger partial charge >= 0.3 is 11.9 Å². The van der Waals surface area contributed by atoms with E-state index in [1.807, 2.05) is 0 Å². The van der Waals surface area contributed by atoms with Gasteiger partial charge < -0.3 is 14.2 Å². The van der Waals surface area contributed by atoms with Crippen molar-refractivity contribution in [3.05, 3.63) is 56.5 Å². The Hall–Kier alpha value is -1.86. The Morgan fingerprint density at radius 3 is 2.31 bits per heavy atom. The van der Waals surface area contributed by atoms with E-state index in [1.54, 1.807) is 24.3 Å². The smallest absolute Gasteiger partial charge is 0.343 e. The van der Waals surface area contributed by atoms with Crippen molar-refractivity contribution in [2.75, 3.05) is 13.7 Å². The van der Waals surface area contributed by atoms with Crippen molar-refractivity contribution < 1.29 is 23.8 Å². The first-order valence-electron chi connectivity index (χ1n) is 7.84. The second-order valence-electron chi connectivity index (χ2n) is 5.87. The van der Waals surface area contributed by atoms with Gasteiger partial charge in [0, 0.05) is 4.47 Å². The highest BCUT2D eigenvalue weighted by molar-refractivity contribution is 9.10. The van der Waals surface area contributed by atoms with E-state index >= 15 is 0 Å². The third-order valence-electron chi connectivity index (χ3n) is 3.29. The largest absolute Gasteiger partial charge is 0.492 e. The molecule has 138 valence electrons. The number of halogens is 2. The van der Waals surface area contributed by atoms with E-state index in [0.717, 1.165) is 0 Å². The van der Waals surface area contributed by atoms with Crippen LogP contribution in [0.2, 0.25) is 0 Å². The topological polar surface area (TPSA) is 61.8 Å². The Morgan fingerprint density at radius 2 is 1.69 bits per heavy atom. The van der Waals surface area contributed by atoms with Gasteiger partial charge in [-0.15, -0.1) is 0 Å². The van der Waals surface area contributed by atoms with Crippen LogP contribution in [-0.4, -0.2) is 25.7 Å². The number of carbonyl (C=O) groups is 2. The number of hydrogen-bond donors (Lipinski definition) is 0. The van der Waals surface area contributed by atoms with Gasteiger partial charge in [0.05, 0.1) is 23.8 Å². The molecule has 0 saturated heterocycles. The number of benzene rings is 2. The number of rotatable bonds is 6. The minimum Gasteiger partial charge on any atom is -0.492 e. The summed E-state index contributed by atoms with van der Waals surface area (Å²) in [7, 11) is 1.27. The Morgan fingerprint density at radius 1 is 1.00 bits per heavy atom. The van der Waals surface area contributed by atoms with Crippen molar-refractivity contribution in [2.24, 2.45) is 5.92 Å². The van der Waals surface area contributed by atoms with Gasteiger partial charge in [-0.25, -0.2) is 9.59 Å². The van der Waals surface area contributed by atoms with Gasteiger partial charge in [0.25, 0.3) is 0 Å². The lowest BCUT2D eigenvalue weighted by molar-refractivity contribution is 0.0593. The summed E-state index contributed by atoms with van der Waals surface area (Å²) in [6.45, 7) is 4.68. The van der Waals surface area contributed by atoms with Crippen molar-refractivity contribution in [3.8, 4) is 11.5 Å². The summed E-state index contributed by atoms with van der Waals surface area (Å²) in [6, 6.07) is 9.67. The van der Waals surface area contributed by atoms with Crippen molar-refractivity contribution in [1.82, 2.24) is 0 Å². The summed E-state index contributed by atoms with van der Waals surface area (Å²) in [5, 5.41) is 0. The van der Waals surface area contributed by atoms with Gasteiger partial charge in [-0.05, 0) is 58.2 Å². The molecule has 5 nitrogen and oxygen atoms in total. The number of carbonyl (C=O) groups excluding carboxylic acids is 2. The van der Waals surface area contributed by atoms with Crippen LogP contribution in [0, 0.1) is 5.92 Å². The van der Waals surface area contributed by atoms with Crippen LogP contribution in [0.3, 0.4) is 0 Å². The number of ether oxygens (including phenoxy) is 3. The highest BCUT2D eigenvalue weighted by Gasteiger charge is 2.18. The molecule has 26 heavy (non-hydrogen) atoms. The average molecular weight is 486 g/mol. The van der Waals surface area contributed by atoms with Gasteiger partial charge in [0.1, 0.15) is 17.1 Å². The lowest BCUT2D eigenvalue weighted by Gasteiger charge is -2.12. The van der Waals surface area contributed by atoms with Gasteiger partial charge in [-0.1, -0.05) is 29.8 Å². The van der Waals surface area contributed by atoms with E-state index in [9.17, 15) is 9.59 Å². The molecular formula is C19H18Br2O5. The fourth-order valence-corrected chi connectivity index (χ4v) is 2.88. The SMILES string of the molecule is COC(=O)c1cc(Br)ccc1OC(=O)c1ccc(OCC(C)C)c(Br)c1. The van der Waals surface area contributed by atoms with E-state index in [1.165, 1.54) is 19.2 Å². The minimum absolute atomic E-state index is 0.126. The summed E-state index contributed by atoms with van der Waals surface area (Å²) >= 11 is 6.68. The standard InChI is InChI=1S/C19H18Br2O5/c1-11(2)10-25-17-6-4-12(8-15(17)21)18(22)26-16-7-5-13(20)9-14(16)19(23)24-3/h4-9,11H,10H2,1-3H3. The van der Waals surface area contributed by atoms with Crippen LogP contribution in [0.4, 0.5) is 0 Å². The zero-order valence-corrected chi connectivity index (χ0v) is 17.7. The van der Waals surface area contributed by atoms with Gasteiger partial charge in [-0.2, -0.15) is 0 Å². The molecular weight excluding hydrogens is 468 g/mol. The number of esters is 2. The Labute approximate surface area is 168 Å². The molecule has 2 aromatic carbocycles. The monoisotopic (exact) mass is 484 g/mol. The van der Waals surface area contributed by atoms with Crippen LogP contribution in [-0.2, 0) is 4.74 Å².